The van der Waals surface area contributed by atoms with Crippen molar-refractivity contribution in [2.75, 3.05) is 19.6 Å². The van der Waals surface area contributed by atoms with E-state index in [9.17, 15) is 9.59 Å². The third-order valence-electron chi connectivity index (χ3n) is 1.82. The molecule has 1 amide bonds. The van der Waals surface area contributed by atoms with Crippen LogP contribution in [0.3, 0.4) is 0 Å². The number of amides is 1. The van der Waals surface area contributed by atoms with Gasteiger partial charge in [0.25, 0.3) is 0 Å². The highest BCUT2D eigenvalue weighted by atomic mass is 16.4. The molecule has 0 fully saturated rings. The van der Waals surface area contributed by atoms with E-state index < -0.39 is 11.9 Å². The van der Waals surface area contributed by atoms with Gasteiger partial charge in [0.05, 0.1) is 6.54 Å². The summed E-state index contributed by atoms with van der Waals surface area (Å²) >= 11 is 0. The summed E-state index contributed by atoms with van der Waals surface area (Å²) < 4.78 is 0. The average Bonchev–Trinajstić information content (AvgIpc) is 2.10. The topological polar surface area (TPSA) is 83.6 Å². The number of primary amides is 1. The summed E-state index contributed by atoms with van der Waals surface area (Å²) in [6.07, 6.45) is 1.56. The van der Waals surface area contributed by atoms with Crippen LogP contribution in [-0.4, -0.2) is 41.5 Å². The Bertz CT molecular complexity index is 248. The molecule has 0 aromatic rings. The molecule has 0 aliphatic rings. The summed E-state index contributed by atoms with van der Waals surface area (Å²) in [6.45, 7) is 4.64. The molecule has 0 atom stereocenters. The Labute approximate surface area is 83.2 Å². The Morgan fingerprint density at radius 3 is 2.43 bits per heavy atom. The number of carboxylic acid groups (broad SMARTS) is 1. The SMILES string of the molecule is CCN(C/C=C(/C)C(=O)O)CC(N)=O. The molecule has 0 aromatic carbocycles. The molecule has 0 aliphatic carbocycles. The maximum atomic E-state index is 10.6. The van der Waals surface area contributed by atoms with E-state index in [1.54, 1.807) is 11.0 Å². The van der Waals surface area contributed by atoms with Crippen LogP contribution in [0, 0.1) is 0 Å². The Kier molecular flexibility index (Phi) is 5.55. The first-order valence-corrected chi connectivity index (χ1v) is 4.38. The lowest BCUT2D eigenvalue weighted by atomic mass is 10.3. The van der Waals surface area contributed by atoms with Crippen molar-refractivity contribution < 1.29 is 14.7 Å². The number of rotatable bonds is 6. The number of aliphatic carboxylic acids is 1. The normalized spacial score (nSPS) is 11.8. The molecule has 0 heterocycles. The van der Waals surface area contributed by atoms with E-state index in [0.717, 1.165) is 0 Å². The minimum atomic E-state index is -0.944. The fourth-order valence-corrected chi connectivity index (χ4v) is 0.879. The van der Waals surface area contributed by atoms with Crippen molar-refractivity contribution in [2.45, 2.75) is 13.8 Å². The highest BCUT2D eigenvalue weighted by Crippen LogP contribution is 1.94. The largest absolute Gasteiger partial charge is 0.478 e. The number of hydrogen-bond donors (Lipinski definition) is 2. The summed E-state index contributed by atoms with van der Waals surface area (Å²) in [5.41, 5.74) is 5.29. The first-order valence-electron chi connectivity index (χ1n) is 4.38. The molecular weight excluding hydrogens is 184 g/mol. The van der Waals surface area contributed by atoms with Gasteiger partial charge in [0, 0.05) is 12.1 Å². The summed E-state index contributed by atoms with van der Waals surface area (Å²) in [7, 11) is 0. The Hall–Kier alpha value is -1.36. The number of nitrogens with two attached hydrogens (primary N) is 1. The predicted octanol–water partition coefficient (Wildman–Crippen LogP) is -0.175. The van der Waals surface area contributed by atoms with Crippen LogP contribution < -0.4 is 5.73 Å². The van der Waals surface area contributed by atoms with Crippen LogP contribution in [0.15, 0.2) is 11.6 Å². The minimum Gasteiger partial charge on any atom is -0.478 e. The van der Waals surface area contributed by atoms with Gasteiger partial charge in [-0.2, -0.15) is 0 Å². The second kappa shape index (κ2) is 6.15. The van der Waals surface area contributed by atoms with Gasteiger partial charge in [0.15, 0.2) is 0 Å². The van der Waals surface area contributed by atoms with E-state index in [1.807, 2.05) is 6.92 Å². The summed E-state index contributed by atoms with van der Waals surface area (Å²) in [6, 6.07) is 0. The predicted molar refractivity (Wildman–Crippen MR) is 52.7 cm³/mol. The highest BCUT2D eigenvalue weighted by Gasteiger charge is 2.05. The van der Waals surface area contributed by atoms with Crippen molar-refractivity contribution in [3.05, 3.63) is 11.6 Å². The van der Waals surface area contributed by atoms with Crippen molar-refractivity contribution in [1.29, 1.82) is 0 Å². The lowest BCUT2D eigenvalue weighted by Crippen LogP contribution is -2.33. The molecule has 0 aliphatic heterocycles. The molecule has 0 rings (SSSR count). The first kappa shape index (κ1) is 12.6. The molecule has 80 valence electrons. The van der Waals surface area contributed by atoms with Gasteiger partial charge in [-0.3, -0.25) is 9.69 Å². The zero-order valence-electron chi connectivity index (χ0n) is 8.49. The van der Waals surface area contributed by atoms with Crippen LogP contribution >= 0.6 is 0 Å². The molecule has 3 N–H and O–H groups in total. The molecular formula is C9H16N2O3. The van der Waals surface area contributed by atoms with E-state index in [1.165, 1.54) is 6.92 Å². The van der Waals surface area contributed by atoms with Gasteiger partial charge in [-0.1, -0.05) is 13.0 Å². The van der Waals surface area contributed by atoms with Crippen molar-refractivity contribution in [2.24, 2.45) is 5.73 Å². The van der Waals surface area contributed by atoms with Crippen molar-refractivity contribution in [3.63, 3.8) is 0 Å². The van der Waals surface area contributed by atoms with Crippen LogP contribution in [0.2, 0.25) is 0 Å². The Morgan fingerprint density at radius 1 is 1.50 bits per heavy atom. The average molecular weight is 200 g/mol. The molecule has 0 saturated carbocycles. The monoisotopic (exact) mass is 200 g/mol. The Balaban J connectivity index is 4.13. The smallest absolute Gasteiger partial charge is 0.330 e. The van der Waals surface area contributed by atoms with E-state index >= 15 is 0 Å². The maximum Gasteiger partial charge on any atom is 0.330 e. The van der Waals surface area contributed by atoms with E-state index in [-0.39, 0.29) is 12.1 Å². The third-order valence-corrected chi connectivity index (χ3v) is 1.82. The van der Waals surface area contributed by atoms with E-state index in [0.29, 0.717) is 13.1 Å². The Morgan fingerprint density at radius 2 is 2.07 bits per heavy atom. The van der Waals surface area contributed by atoms with Gasteiger partial charge >= 0.3 is 5.97 Å². The van der Waals surface area contributed by atoms with Crippen molar-refractivity contribution in [1.82, 2.24) is 4.90 Å². The summed E-state index contributed by atoms with van der Waals surface area (Å²) in [5, 5.41) is 8.57. The quantitative estimate of drug-likeness (QED) is 0.583. The molecule has 0 saturated heterocycles. The number of hydrogen-bond acceptors (Lipinski definition) is 3. The third kappa shape index (κ3) is 5.31. The van der Waals surface area contributed by atoms with Gasteiger partial charge in [0.2, 0.25) is 5.91 Å². The summed E-state index contributed by atoms with van der Waals surface area (Å²) in [5.74, 6) is -1.35. The van der Waals surface area contributed by atoms with Crippen molar-refractivity contribution in [3.8, 4) is 0 Å². The van der Waals surface area contributed by atoms with Crippen LogP contribution in [0.1, 0.15) is 13.8 Å². The molecule has 0 radical (unpaired) electrons. The fraction of sp³-hybridized carbons (Fsp3) is 0.556. The van der Waals surface area contributed by atoms with Crippen molar-refractivity contribution >= 4 is 11.9 Å². The van der Waals surface area contributed by atoms with E-state index in [2.05, 4.69) is 0 Å². The van der Waals surface area contributed by atoms with Gasteiger partial charge < -0.3 is 10.8 Å². The second-order valence-electron chi connectivity index (χ2n) is 2.99. The molecule has 0 unspecified atom stereocenters. The zero-order valence-corrected chi connectivity index (χ0v) is 8.49. The van der Waals surface area contributed by atoms with Gasteiger partial charge in [0.1, 0.15) is 0 Å². The van der Waals surface area contributed by atoms with Gasteiger partial charge in [-0.05, 0) is 13.5 Å². The number of likely N-dealkylation sites (N-methyl/N-ethyl adjacent to an activating group) is 1. The first-order chi connectivity index (χ1) is 6.47. The van der Waals surface area contributed by atoms with Crippen LogP contribution in [0.5, 0.6) is 0 Å². The van der Waals surface area contributed by atoms with Gasteiger partial charge in [-0.25, -0.2) is 4.79 Å². The molecule has 0 spiro atoms. The zero-order chi connectivity index (χ0) is 11.1. The number of carboxylic acids is 1. The fourth-order valence-electron chi connectivity index (χ4n) is 0.879. The minimum absolute atomic E-state index is 0.153. The number of carbonyl (C=O) groups excluding carboxylic acids is 1. The molecule has 5 nitrogen and oxygen atoms in total. The van der Waals surface area contributed by atoms with Crippen LogP contribution in [0.4, 0.5) is 0 Å². The van der Waals surface area contributed by atoms with Crippen LogP contribution in [0.25, 0.3) is 0 Å². The molecule has 0 aromatic heterocycles. The lowest BCUT2D eigenvalue weighted by molar-refractivity contribution is -0.132. The standard InChI is InChI=1S/C9H16N2O3/c1-3-11(6-8(10)12)5-4-7(2)9(13)14/h4H,3,5-6H2,1-2H3,(H2,10,12)(H,13,14)/b7-4-. The summed E-state index contributed by atoms with van der Waals surface area (Å²) in [4.78, 5) is 22.8. The lowest BCUT2D eigenvalue weighted by Gasteiger charge is -2.15. The number of carbonyl (C=O) groups is 2. The maximum absolute atomic E-state index is 10.6. The molecule has 14 heavy (non-hydrogen) atoms. The van der Waals surface area contributed by atoms with Gasteiger partial charge in [-0.15, -0.1) is 0 Å². The molecule has 0 bridgehead atoms. The second-order valence-corrected chi connectivity index (χ2v) is 2.99. The molecule has 5 heteroatoms. The van der Waals surface area contributed by atoms with E-state index in [4.69, 9.17) is 10.8 Å². The number of nitrogens with zero attached hydrogens (tertiary/aromatic N) is 1. The highest BCUT2D eigenvalue weighted by molar-refractivity contribution is 5.85. The van der Waals surface area contributed by atoms with Crippen LogP contribution in [-0.2, 0) is 9.59 Å².